The Bertz CT molecular complexity index is 1610. The molecule has 0 radical (unpaired) electrons. The van der Waals surface area contributed by atoms with Crippen LogP contribution in [-0.2, 0) is 49.6 Å². The summed E-state index contributed by atoms with van der Waals surface area (Å²) in [6, 6.07) is 22.6. The number of hydrogen-bond donors (Lipinski definition) is 0. The van der Waals surface area contributed by atoms with Crippen molar-refractivity contribution in [3.8, 4) is 17.2 Å². The Morgan fingerprint density at radius 1 is 0.519 bits per heavy atom. The fourth-order valence-corrected chi connectivity index (χ4v) is 6.01. The number of carbonyl (C=O) groups is 3. The molecule has 0 N–H and O–H groups in total. The van der Waals surface area contributed by atoms with Gasteiger partial charge in [-0.15, -0.1) is 0 Å². The van der Waals surface area contributed by atoms with E-state index in [1.54, 1.807) is 62.3 Å². The smallest absolute Gasteiger partial charge is 0.485 e. The molecule has 0 aromatic heterocycles. The highest BCUT2D eigenvalue weighted by Gasteiger charge is 2.37. The molecule has 3 aromatic carbocycles. The molecule has 0 saturated heterocycles. The van der Waals surface area contributed by atoms with E-state index in [2.05, 4.69) is 0 Å². The summed E-state index contributed by atoms with van der Waals surface area (Å²) < 4.78 is 91.9. The first-order valence-corrected chi connectivity index (χ1v) is 18.9. The first kappa shape index (κ1) is 45.7. The first-order valence-electron chi connectivity index (χ1n) is 16.2. The summed E-state index contributed by atoms with van der Waals surface area (Å²) in [7, 11) is -6.65. The molecule has 0 aliphatic carbocycles. The average Bonchev–Trinajstić information content (AvgIpc) is 3.01. The normalized spacial score (nSPS) is 12.2. The fraction of sp³-hybridized carbons (Fsp3) is 0.432. The van der Waals surface area contributed by atoms with Gasteiger partial charge in [-0.05, 0) is 135 Å². The molecule has 0 aliphatic heterocycles. The van der Waals surface area contributed by atoms with E-state index in [1.165, 1.54) is 0 Å². The van der Waals surface area contributed by atoms with Crippen molar-refractivity contribution in [2.45, 2.75) is 99.3 Å². The number of alkyl halides is 3. The van der Waals surface area contributed by atoms with Crippen molar-refractivity contribution >= 4 is 38.9 Å². The number of ether oxygens (including phenoxy) is 6. The minimum atomic E-state index is -6.09. The quantitative estimate of drug-likeness (QED) is 0.0607. The van der Waals surface area contributed by atoms with Crippen molar-refractivity contribution in [3.63, 3.8) is 0 Å². The van der Waals surface area contributed by atoms with Gasteiger partial charge in [0.05, 0.1) is 10.9 Å². The molecular formula is C37H45F3O12S2. The van der Waals surface area contributed by atoms with Gasteiger partial charge in [0, 0.05) is 0 Å². The van der Waals surface area contributed by atoms with Gasteiger partial charge >= 0.3 is 23.4 Å². The van der Waals surface area contributed by atoms with Crippen LogP contribution in [0.5, 0.6) is 17.2 Å². The highest BCUT2D eigenvalue weighted by Crippen LogP contribution is 2.34. The molecule has 298 valence electrons. The summed E-state index contributed by atoms with van der Waals surface area (Å²) in [5, 5.41) is 0. The van der Waals surface area contributed by atoms with E-state index in [4.69, 9.17) is 41.4 Å². The topological polar surface area (TPSA) is 164 Å². The summed E-state index contributed by atoms with van der Waals surface area (Å²) >= 11 is 0. The molecule has 0 fully saturated rings. The number of halogens is 3. The Hall–Kier alpha value is -4.48. The van der Waals surface area contributed by atoms with Crippen LogP contribution in [0, 0.1) is 0 Å². The lowest BCUT2D eigenvalue weighted by Gasteiger charge is -2.19. The molecule has 0 bridgehead atoms. The summed E-state index contributed by atoms with van der Waals surface area (Å²) in [4.78, 5) is 39.3. The van der Waals surface area contributed by atoms with Crippen LogP contribution in [0.4, 0.5) is 13.2 Å². The minimum absolute atomic E-state index is 0.197. The Balaban J connectivity index is 0.00000113. The molecule has 0 heterocycles. The van der Waals surface area contributed by atoms with Crippen LogP contribution in [-0.4, -0.2) is 73.0 Å². The largest absolute Gasteiger partial charge is 0.741 e. The third kappa shape index (κ3) is 17.6. The van der Waals surface area contributed by atoms with Crippen molar-refractivity contribution in [3.05, 3.63) is 72.8 Å². The van der Waals surface area contributed by atoms with Crippen LogP contribution >= 0.6 is 0 Å². The number of rotatable bonds is 12. The van der Waals surface area contributed by atoms with Gasteiger partial charge in [-0.1, -0.05) is 0 Å². The average molecular weight is 803 g/mol. The van der Waals surface area contributed by atoms with Gasteiger partial charge in [-0.25, -0.2) is 22.8 Å². The molecule has 0 amide bonds. The minimum Gasteiger partial charge on any atom is -0.741 e. The summed E-state index contributed by atoms with van der Waals surface area (Å²) in [6.45, 7) is 15.7. The molecule has 0 atom stereocenters. The van der Waals surface area contributed by atoms with Crippen LogP contribution < -0.4 is 14.2 Å². The molecule has 54 heavy (non-hydrogen) atoms. The summed E-state index contributed by atoms with van der Waals surface area (Å²) in [6.07, 6.45) is 0. The van der Waals surface area contributed by atoms with Crippen LogP contribution in [0.25, 0.3) is 0 Å². The van der Waals surface area contributed by atoms with Crippen molar-refractivity contribution in [2.75, 3.05) is 19.8 Å². The standard InChI is InChI=1S/C36H45O9S.CHF3O3S/c1-34(2,3)43-31(37)22-40-25-10-16-28(17-11-25)46(29-18-12-26(13-19-29)41-23-32(38)44-35(4,5)6)30-20-14-27(15-21-30)42-24-33(39)45-36(7,8)9;2-1(3,4)8(5,6)7/h10-21H,22-24H2,1-9H3;(H,5,6,7)/q+1;/p-1. The van der Waals surface area contributed by atoms with Gasteiger partial charge in [-0.3, -0.25) is 0 Å². The number of esters is 3. The number of carbonyl (C=O) groups excluding carboxylic acids is 3. The molecule has 0 saturated carbocycles. The first-order chi connectivity index (χ1) is 24.6. The second-order valence-electron chi connectivity index (χ2n) is 14.2. The van der Waals surface area contributed by atoms with E-state index in [0.29, 0.717) is 17.2 Å². The molecule has 0 spiro atoms. The van der Waals surface area contributed by atoms with Crippen molar-refractivity contribution in [1.29, 1.82) is 0 Å². The predicted octanol–water partition coefficient (Wildman–Crippen LogP) is 6.99. The molecule has 17 heteroatoms. The third-order valence-corrected chi connectivity index (χ3v) is 8.59. The Morgan fingerprint density at radius 2 is 0.722 bits per heavy atom. The summed E-state index contributed by atoms with van der Waals surface area (Å²) in [5.41, 5.74) is -7.42. The maximum absolute atomic E-state index is 12.1. The second-order valence-corrected chi connectivity index (χ2v) is 17.6. The van der Waals surface area contributed by atoms with E-state index in [1.807, 2.05) is 72.8 Å². The monoisotopic (exact) mass is 802 g/mol. The van der Waals surface area contributed by atoms with Crippen molar-refractivity contribution < 1.29 is 68.9 Å². The van der Waals surface area contributed by atoms with Gasteiger partial charge in [0.25, 0.3) is 0 Å². The van der Waals surface area contributed by atoms with Crippen molar-refractivity contribution in [2.24, 2.45) is 0 Å². The Labute approximate surface area is 316 Å². The molecule has 0 aliphatic rings. The lowest BCUT2D eigenvalue weighted by atomic mass is 10.2. The van der Waals surface area contributed by atoms with Crippen LogP contribution in [0.3, 0.4) is 0 Å². The van der Waals surface area contributed by atoms with Gasteiger partial charge in [0.15, 0.2) is 44.6 Å². The number of benzene rings is 3. The highest BCUT2D eigenvalue weighted by atomic mass is 32.2. The Morgan fingerprint density at radius 3 is 0.889 bits per heavy atom. The van der Waals surface area contributed by atoms with E-state index < -0.39 is 61.2 Å². The van der Waals surface area contributed by atoms with Crippen molar-refractivity contribution in [1.82, 2.24) is 0 Å². The van der Waals surface area contributed by atoms with Gasteiger partial charge < -0.3 is 33.0 Å². The zero-order chi connectivity index (χ0) is 41.1. The van der Waals surface area contributed by atoms with Gasteiger partial charge in [-0.2, -0.15) is 13.2 Å². The molecule has 3 rings (SSSR count). The second kappa shape index (κ2) is 18.7. The zero-order valence-corrected chi connectivity index (χ0v) is 33.0. The molecule has 3 aromatic rings. The lowest BCUT2D eigenvalue weighted by Crippen LogP contribution is -2.27. The Kier molecular flexibility index (Phi) is 15.8. The van der Waals surface area contributed by atoms with E-state index >= 15 is 0 Å². The number of hydrogen-bond acceptors (Lipinski definition) is 12. The lowest BCUT2D eigenvalue weighted by molar-refractivity contribution is -0.158. The fourth-order valence-electron chi connectivity index (χ4n) is 3.96. The van der Waals surface area contributed by atoms with Gasteiger partial charge in [0.2, 0.25) is 0 Å². The molecule has 12 nitrogen and oxygen atoms in total. The maximum Gasteiger partial charge on any atom is 0.485 e. The van der Waals surface area contributed by atoms with Crippen LogP contribution in [0.1, 0.15) is 62.3 Å². The van der Waals surface area contributed by atoms with E-state index in [-0.39, 0.29) is 19.8 Å². The molecule has 0 unspecified atom stereocenters. The van der Waals surface area contributed by atoms with E-state index in [0.717, 1.165) is 14.7 Å². The predicted molar refractivity (Wildman–Crippen MR) is 191 cm³/mol. The highest BCUT2D eigenvalue weighted by molar-refractivity contribution is 7.97. The van der Waals surface area contributed by atoms with Crippen LogP contribution in [0.2, 0.25) is 0 Å². The summed E-state index contributed by atoms with van der Waals surface area (Å²) in [5.74, 6) is 0.276. The third-order valence-electron chi connectivity index (χ3n) is 5.79. The van der Waals surface area contributed by atoms with E-state index in [9.17, 15) is 27.6 Å². The maximum atomic E-state index is 12.1. The zero-order valence-electron chi connectivity index (χ0n) is 31.4. The molecular weight excluding hydrogens is 758 g/mol. The SMILES string of the molecule is CC(C)(C)OC(=O)COc1ccc([S+](c2ccc(OCC(=O)OC(C)(C)C)cc2)c2ccc(OCC(=O)OC(C)(C)C)cc2)cc1.O=S(=O)([O-])C(F)(F)F. The van der Waals surface area contributed by atoms with Gasteiger partial charge in [0.1, 0.15) is 34.1 Å². The van der Waals surface area contributed by atoms with Crippen LogP contribution in [0.15, 0.2) is 87.5 Å².